The summed E-state index contributed by atoms with van der Waals surface area (Å²) in [5.74, 6) is 1.57. The van der Waals surface area contributed by atoms with Crippen molar-refractivity contribution in [3.63, 3.8) is 0 Å². The van der Waals surface area contributed by atoms with Gasteiger partial charge in [0.25, 0.3) is 0 Å². The van der Waals surface area contributed by atoms with Gasteiger partial charge in [-0.3, -0.25) is 5.43 Å². The first-order valence-corrected chi connectivity index (χ1v) is 8.18. The Hall–Kier alpha value is -0.640. The maximum atomic E-state index is 5.35. The summed E-state index contributed by atoms with van der Waals surface area (Å²) in [6, 6.07) is 0.528. The molecule has 0 amide bonds. The quantitative estimate of drug-likeness (QED) is 0.600. The Morgan fingerprint density at radius 1 is 1.11 bits per heavy atom. The molecule has 0 bridgehead atoms. The lowest BCUT2D eigenvalue weighted by Gasteiger charge is -2.30. The largest absolute Gasteiger partial charge is 0.358 e. The van der Waals surface area contributed by atoms with Crippen molar-refractivity contribution in [2.24, 2.45) is 16.9 Å². The van der Waals surface area contributed by atoms with Gasteiger partial charge in [0, 0.05) is 11.8 Å². The molecule has 0 aromatic carbocycles. The molecule has 0 unspecified atom stereocenters. The molecule has 2 atom stereocenters. The highest BCUT2D eigenvalue weighted by Crippen LogP contribution is 2.23. The summed E-state index contributed by atoms with van der Waals surface area (Å²) >= 11 is 5.35. The van der Waals surface area contributed by atoms with E-state index in [0.717, 1.165) is 24.7 Å². The highest BCUT2D eigenvalue weighted by atomic mass is 32.1. The first-order chi connectivity index (χ1) is 9.15. The molecule has 0 aromatic rings. The van der Waals surface area contributed by atoms with E-state index in [9.17, 15) is 0 Å². The molecule has 4 heteroatoms. The maximum Gasteiger partial charge on any atom is 0.187 e. The van der Waals surface area contributed by atoms with Crippen LogP contribution in [0.15, 0.2) is 5.10 Å². The van der Waals surface area contributed by atoms with Crippen LogP contribution in [-0.2, 0) is 0 Å². The summed E-state index contributed by atoms with van der Waals surface area (Å²) in [5.41, 5.74) is 4.32. The lowest BCUT2D eigenvalue weighted by atomic mass is 9.86. The van der Waals surface area contributed by atoms with Gasteiger partial charge in [-0.15, -0.1) is 0 Å². The second kappa shape index (κ2) is 7.22. The summed E-state index contributed by atoms with van der Waals surface area (Å²) in [7, 11) is 0. The third-order valence-electron chi connectivity index (χ3n) is 4.59. The fourth-order valence-electron chi connectivity index (χ4n) is 3.07. The van der Waals surface area contributed by atoms with Crippen molar-refractivity contribution in [1.29, 1.82) is 0 Å². The number of hydrazone groups is 1. The molecule has 2 N–H and O–H groups in total. The predicted octanol–water partition coefficient (Wildman–Crippen LogP) is 3.60. The molecule has 2 aliphatic carbocycles. The predicted molar refractivity (Wildman–Crippen MR) is 85.4 cm³/mol. The fourth-order valence-corrected chi connectivity index (χ4v) is 3.27. The first kappa shape index (κ1) is 14.8. The van der Waals surface area contributed by atoms with Gasteiger partial charge in [0.1, 0.15) is 0 Å². The van der Waals surface area contributed by atoms with Crippen LogP contribution in [0.5, 0.6) is 0 Å². The van der Waals surface area contributed by atoms with E-state index in [2.05, 4.69) is 29.7 Å². The van der Waals surface area contributed by atoms with Gasteiger partial charge in [-0.2, -0.15) is 5.10 Å². The van der Waals surface area contributed by atoms with Crippen LogP contribution in [0, 0.1) is 11.8 Å². The number of rotatable bonds is 2. The molecule has 0 radical (unpaired) electrons. The minimum Gasteiger partial charge on any atom is -0.358 e. The molecule has 0 saturated heterocycles. The third kappa shape index (κ3) is 4.75. The lowest BCUT2D eigenvalue weighted by molar-refractivity contribution is 0.308. The minimum atomic E-state index is 0.528. The summed E-state index contributed by atoms with van der Waals surface area (Å²) in [6.07, 6.45) is 9.99. The zero-order valence-corrected chi connectivity index (χ0v) is 13.1. The number of hydrogen-bond acceptors (Lipinski definition) is 2. The van der Waals surface area contributed by atoms with Crippen LogP contribution in [0.2, 0.25) is 0 Å². The number of nitrogens with one attached hydrogen (secondary N) is 2. The Bertz CT molecular complexity index is 330. The zero-order valence-electron chi connectivity index (χ0n) is 12.2. The van der Waals surface area contributed by atoms with Gasteiger partial charge in [0.2, 0.25) is 0 Å². The molecule has 2 fully saturated rings. The second-order valence-corrected chi connectivity index (χ2v) is 6.72. The first-order valence-electron chi connectivity index (χ1n) is 7.77. The monoisotopic (exact) mass is 281 g/mol. The van der Waals surface area contributed by atoms with E-state index in [0.29, 0.717) is 11.2 Å². The maximum absolute atomic E-state index is 5.35. The Morgan fingerprint density at radius 2 is 1.79 bits per heavy atom. The number of hydrogen-bond donors (Lipinski definition) is 2. The normalized spacial score (nSPS) is 31.7. The van der Waals surface area contributed by atoms with Gasteiger partial charge in [-0.1, -0.05) is 26.7 Å². The topological polar surface area (TPSA) is 36.4 Å². The van der Waals surface area contributed by atoms with Gasteiger partial charge in [0.15, 0.2) is 5.11 Å². The summed E-state index contributed by atoms with van der Waals surface area (Å²) in [5, 5.41) is 8.60. The van der Waals surface area contributed by atoms with Crippen LogP contribution in [0.1, 0.15) is 65.2 Å². The van der Waals surface area contributed by atoms with Crippen LogP contribution in [0.25, 0.3) is 0 Å². The van der Waals surface area contributed by atoms with Crippen molar-refractivity contribution in [1.82, 2.24) is 10.7 Å². The zero-order chi connectivity index (χ0) is 13.7. The van der Waals surface area contributed by atoms with E-state index in [-0.39, 0.29) is 0 Å². The molecule has 108 valence electrons. The van der Waals surface area contributed by atoms with E-state index >= 15 is 0 Å². The Morgan fingerprint density at radius 3 is 2.47 bits per heavy atom. The van der Waals surface area contributed by atoms with Crippen LogP contribution < -0.4 is 10.7 Å². The van der Waals surface area contributed by atoms with Crippen LogP contribution in [-0.4, -0.2) is 16.9 Å². The Balaban J connectivity index is 1.73. The van der Waals surface area contributed by atoms with Gasteiger partial charge >= 0.3 is 0 Å². The fraction of sp³-hybridized carbons (Fsp3) is 0.867. The highest BCUT2D eigenvalue weighted by Gasteiger charge is 2.21. The molecule has 0 aliphatic heterocycles. The Labute approximate surface area is 122 Å². The average molecular weight is 281 g/mol. The molecule has 0 aromatic heterocycles. The van der Waals surface area contributed by atoms with Gasteiger partial charge in [0.05, 0.1) is 0 Å². The van der Waals surface area contributed by atoms with Crippen molar-refractivity contribution in [3.8, 4) is 0 Å². The highest BCUT2D eigenvalue weighted by molar-refractivity contribution is 7.80. The summed E-state index contributed by atoms with van der Waals surface area (Å²) < 4.78 is 0. The van der Waals surface area contributed by atoms with E-state index in [1.165, 1.54) is 44.2 Å². The van der Waals surface area contributed by atoms with Crippen LogP contribution in [0.3, 0.4) is 0 Å². The van der Waals surface area contributed by atoms with E-state index in [4.69, 9.17) is 12.2 Å². The van der Waals surface area contributed by atoms with Gasteiger partial charge in [-0.05, 0) is 62.6 Å². The molecule has 2 saturated carbocycles. The molecule has 3 nitrogen and oxygen atoms in total. The smallest absolute Gasteiger partial charge is 0.187 e. The van der Waals surface area contributed by atoms with Crippen molar-refractivity contribution in [2.75, 3.05) is 0 Å². The van der Waals surface area contributed by atoms with Crippen LogP contribution in [0.4, 0.5) is 0 Å². The van der Waals surface area contributed by atoms with Gasteiger partial charge < -0.3 is 5.32 Å². The molecular weight excluding hydrogens is 254 g/mol. The van der Waals surface area contributed by atoms with Crippen LogP contribution >= 0.6 is 12.2 Å². The molecule has 2 aliphatic rings. The number of nitrogens with zero attached hydrogens (tertiary/aromatic N) is 1. The molecular formula is C15H27N3S. The molecule has 2 rings (SSSR count). The van der Waals surface area contributed by atoms with Crippen molar-refractivity contribution >= 4 is 23.0 Å². The lowest BCUT2D eigenvalue weighted by Crippen LogP contribution is -2.44. The van der Waals surface area contributed by atoms with Gasteiger partial charge in [-0.25, -0.2) is 0 Å². The third-order valence-corrected chi connectivity index (χ3v) is 4.80. The second-order valence-electron chi connectivity index (χ2n) is 6.31. The van der Waals surface area contributed by atoms with E-state index in [1.807, 2.05) is 0 Å². The Kier molecular flexibility index (Phi) is 5.61. The molecule has 0 spiro atoms. The molecule has 0 heterocycles. The van der Waals surface area contributed by atoms with E-state index in [1.54, 1.807) is 0 Å². The molecule has 19 heavy (non-hydrogen) atoms. The van der Waals surface area contributed by atoms with Crippen molar-refractivity contribution in [3.05, 3.63) is 0 Å². The summed E-state index contributed by atoms with van der Waals surface area (Å²) in [6.45, 7) is 4.63. The van der Waals surface area contributed by atoms with Crippen molar-refractivity contribution in [2.45, 2.75) is 71.3 Å². The number of thiocarbonyl (C=S) groups is 1. The summed E-state index contributed by atoms with van der Waals surface area (Å²) in [4.78, 5) is 0. The van der Waals surface area contributed by atoms with Crippen molar-refractivity contribution < 1.29 is 0 Å². The van der Waals surface area contributed by atoms with E-state index < -0.39 is 0 Å². The standard InChI is InChI=1S/C15H27N3S/c1-11-7-9-13(10-8-11)17-18-15(19)16-14-6-4-3-5-12(14)2/h11-12,14H,3-10H2,1-2H3,(H2,16,18,19)/t11?,12-,14+/m0/s1. The minimum absolute atomic E-state index is 0.528. The SMILES string of the molecule is CC1CCC(=NNC(=S)N[C@@H]2CCCC[C@@H]2C)CC1. The average Bonchev–Trinajstić information content (AvgIpc) is 2.41.